The largest absolute Gasteiger partial charge is 0.490 e. The Morgan fingerprint density at radius 1 is 1.14 bits per heavy atom. The number of hydrogen-bond acceptors (Lipinski definition) is 5. The van der Waals surface area contributed by atoms with Crippen LogP contribution in [0.15, 0.2) is 46.4 Å². The second kappa shape index (κ2) is 10.9. The van der Waals surface area contributed by atoms with E-state index in [1.807, 2.05) is 31.2 Å². The Kier molecular flexibility index (Phi) is 8.27. The second-order valence-corrected chi connectivity index (χ2v) is 6.73. The summed E-state index contributed by atoms with van der Waals surface area (Å²) in [5, 5.41) is 20.9. The molecule has 2 rings (SSSR count). The maximum absolute atomic E-state index is 12.5. The third-order valence-electron chi connectivity index (χ3n) is 3.94. The number of amides is 1. The topological polar surface area (TPSA) is 95.1 Å². The summed E-state index contributed by atoms with van der Waals surface area (Å²) in [7, 11) is 0. The van der Waals surface area contributed by atoms with E-state index in [1.54, 1.807) is 24.3 Å². The third-order valence-corrected chi connectivity index (χ3v) is 4.63. The molecule has 1 amide bonds. The quantitative estimate of drug-likeness (QED) is 0.454. The van der Waals surface area contributed by atoms with Gasteiger partial charge in [-0.1, -0.05) is 35.0 Å². The number of halogens is 1. The van der Waals surface area contributed by atoms with Gasteiger partial charge in [-0.25, -0.2) is 0 Å². The standard InChI is InChI=1S/C22H20BrN3O3/c1-3-15-5-7-18(8-6-15)26-22(27)17(14-25)11-16-12-20(28-4-2)21(13-19(16)23)29-10-9-24/h5-8,11-13H,3-4,10H2,1-2H3,(H,26,27)/b17-11+. The maximum Gasteiger partial charge on any atom is 0.266 e. The van der Waals surface area contributed by atoms with Gasteiger partial charge < -0.3 is 14.8 Å². The predicted molar refractivity (Wildman–Crippen MR) is 114 cm³/mol. The Balaban J connectivity index is 2.30. The van der Waals surface area contributed by atoms with Gasteiger partial charge in [0, 0.05) is 10.2 Å². The van der Waals surface area contributed by atoms with Crippen molar-refractivity contribution in [2.24, 2.45) is 0 Å². The van der Waals surface area contributed by atoms with Crippen molar-refractivity contribution in [3.63, 3.8) is 0 Å². The fourth-order valence-electron chi connectivity index (χ4n) is 2.48. The molecule has 2 aromatic rings. The molecule has 0 heterocycles. The van der Waals surface area contributed by atoms with Gasteiger partial charge in [0.15, 0.2) is 18.1 Å². The lowest BCUT2D eigenvalue weighted by Gasteiger charge is -2.12. The van der Waals surface area contributed by atoms with Crippen molar-refractivity contribution >= 4 is 33.6 Å². The summed E-state index contributed by atoms with van der Waals surface area (Å²) in [6.45, 7) is 4.15. The van der Waals surface area contributed by atoms with Gasteiger partial charge >= 0.3 is 0 Å². The average Bonchev–Trinajstić information content (AvgIpc) is 2.73. The summed E-state index contributed by atoms with van der Waals surface area (Å²) >= 11 is 3.41. The molecule has 0 spiro atoms. The minimum atomic E-state index is -0.508. The summed E-state index contributed by atoms with van der Waals surface area (Å²) in [6, 6.07) is 14.6. The van der Waals surface area contributed by atoms with Crippen LogP contribution in [-0.4, -0.2) is 19.1 Å². The van der Waals surface area contributed by atoms with Gasteiger partial charge in [-0.05, 0) is 54.8 Å². The van der Waals surface area contributed by atoms with Crippen LogP contribution in [0, 0.1) is 22.7 Å². The van der Waals surface area contributed by atoms with E-state index in [0.717, 1.165) is 12.0 Å². The molecule has 6 nitrogen and oxygen atoms in total. The van der Waals surface area contributed by atoms with Crippen LogP contribution in [0.2, 0.25) is 0 Å². The number of benzene rings is 2. The van der Waals surface area contributed by atoms with Crippen LogP contribution in [-0.2, 0) is 11.2 Å². The van der Waals surface area contributed by atoms with E-state index in [4.69, 9.17) is 14.7 Å². The van der Waals surface area contributed by atoms with Gasteiger partial charge in [0.25, 0.3) is 5.91 Å². The average molecular weight is 454 g/mol. The molecule has 2 aromatic carbocycles. The lowest BCUT2D eigenvalue weighted by Crippen LogP contribution is -2.13. The zero-order chi connectivity index (χ0) is 21.2. The molecular formula is C22H20BrN3O3. The summed E-state index contributed by atoms with van der Waals surface area (Å²) in [5.74, 6) is 0.313. The minimum Gasteiger partial charge on any atom is -0.490 e. The molecule has 0 bridgehead atoms. The fraction of sp³-hybridized carbons (Fsp3) is 0.227. The van der Waals surface area contributed by atoms with Gasteiger partial charge in [0.2, 0.25) is 0 Å². The number of nitrogens with zero attached hydrogens (tertiary/aromatic N) is 2. The molecule has 0 aliphatic rings. The SMILES string of the molecule is CCOc1cc(/C=C(\C#N)C(=O)Nc2ccc(CC)cc2)c(Br)cc1OCC#N. The predicted octanol–water partition coefficient (Wildman–Crippen LogP) is 4.86. The van der Waals surface area contributed by atoms with Crippen LogP contribution in [0.5, 0.6) is 11.5 Å². The Hall–Kier alpha value is -3.29. The lowest BCUT2D eigenvalue weighted by atomic mass is 10.1. The third kappa shape index (κ3) is 6.10. The summed E-state index contributed by atoms with van der Waals surface area (Å²) in [6.07, 6.45) is 2.37. The fourth-order valence-corrected chi connectivity index (χ4v) is 2.92. The first-order valence-corrected chi connectivity index (χ1v) is 9.79. The van der Waals surface area contributed by atoms with Crippen LogP contribution in [0.3, 0.4) is 0 Å². The molecule has 0 aliphatic carbocycles. The Morgan fingerprint density at radius 2 is 1.83 bits per heavy atom. The monoisotopic (exact) mass is 453 g/mol. The molecule has 0 atom stereocenters. The van der Waals surface area contributed by atoms with E-state index in [0.29, 0.717) is 33.8 Å². The van der Waals surface area contributed by atoms with Gasteiger partial charge in [-0.15, -0.1) is 0 Å². The molecule has 0 unspecified atom stereocenters. The van der Waals surface area contributed by atoms with Crippen molar-refractivity contribution in [3.8, 4) is 23.6 Å². The zero-order valence-electron chi connectivity index (χ0n) is 16.2. The van der Waals surface area contributed by atoms with Crippen molar-refractivity contribution in [2.45, 2.75) is 20.3 Å². The van der Waals surface area contributed by atoms with Crippen molar-refractivity contribution in [2.75, 3.05) is 18.5 Å². The summed E-state index contributed by atoms with van der Waals surface area (Å²) in [5.41, 5.74) is 2.29. The van der Waals surface area contributed by atoms with Gasteiger partial charge in [-0.3, -0.25) is 4.79 Å². The van der Waals surface area contributed by atoms with Crippen molar-refractivity contribution in [3.05, 3.63) is 57.6 Å². The highest BCUT2D eigenvalue weighted by atomic mass is 79.9. The van der Waals surface area contributed by atoms with Gasteiger partial charge in [0.05, 0.1) is 6.61 Å². The maximum atomic E-state index is 12.5. The number of nitrogens with one attached hydrogen (secondary N) is 1. The van der Waals surface area contributed by atoms with Crippen LogP contribution >= 0.6 is 15.9 Å². The van der Waals surface area contributed by atoms with E-state index in [1.165, 1.54) is 6.08 Å². The second-order valence-electron chi connectivity index (χ2n) is 5.87. The van der Waals surface area contributed by atoms with Crippen LogP contribution < -0.4 is 14.8 Å². The number of hydrogen-bond donors (Lipinski definition) is 1. The van der Waals surface area contributed by atoms with Crippen molar-refractivity contribution in [1.29, 1.82) is 10.5 Å². The highest BCUT2D eigenvalue weighted by molar-refractivity contribution is 9.10. The van der Waals surface area contributed by atoms with Crippen LogP contribution in [0.4, 0.5) is 5.69 Å². The molecule has 29 heavy (non-hydrogen) atoms. The molecule has 7 heteroatoms. The molecule has 0 aliphatic heterocycles. The number of rotatable bonds is 8. The van der Waals surface area contributed by atoms with E-state index < -0.39 is 5.91 Å². The minimum absolute atomic E-state index is 0.0570. The van der Waals surface area contributed by atoms with Crippen LogP contribution in [0.1, 0.15) is 25.0 Å². The normalized spacial score (nSPS) is 10.6. The lowest BCUT2D eigenvalue weighted by molar-refractivity contribution is -0.112. The molecule has 148 valence electrons. The smallest absolute Gasteiger partial charge is 0.266 e. The number of nitriles is 2. The van der Waals surface area contributed by atoms with Crippen molar-refractivity contribution in [1.82, 2.24) is 0 Å². The summed E-state index contributed by atoms with van der Waals surface area (Å²) in [4.78, 5) is 12.5. The first kappa shape index (κ1) is 22.0. The number of anilines is 1. The van der Waals surface area contributed by atoms with Crippen LogP contribution in [0.25, 0.3) is 6.08 Å². The Labute approximate surface area is 178 Å². The van der Waals surface area contributed by atoms with E-state index >= 15 is 0 Å². The highest BCUT2D eigenvalue weighted by Crippen LogP contribution is 2.35. The van der Waals surface area contributed by atoms with E-state index in [2.05, 4.69) is 28.2 Å². The number of ether oxygens (including phenoxy) is 2. The number of carbonyl (C=O) groups excluding carboxylic acids is 1. The molecule has 0 saturated heterocycles. The van der Waals surface area contributed by atoms with Gasteiger partial charge in [0.1, 0.15) is 17.7 Å². The number of carbonyl (C=O) groups is 1. The van der Waals surface area contributed by atoms with E-state index in [9.17, 15) is 10.1 Å². The van der Waals surface area contributed by atoms with Crippen molar-refractivity contribution < 1.29 is 14.3 Å². The van der Waals surface area contributed by atoms with E-state index in [-0.39, 0.29) is 12.2 Å². The summed E-state index contributed by atoms with van der Waals surface area (Å²) < 4.78 is 11.5. The van der Waals surface area contributed by atoms with Gasteiger partial charge in [-0.2, -0.15) is 10.5 Å². The molecule has 0 aromatic heterocycles. The first-order valence-electron chi connectivity index (χ1n) is 9.00. The first-order chi connectivity index (χ1) is 14.0. The molecule has 0 saturated carbocycles. The molecular weight excluding hydrogens is 434 g/mol. The Bertz CT molecular complexity index is 986. The molecule has 1 N–H and O–H groups in total. The molecule has 0 fully saturated rings. The zero-order valence-corrected chi connectivity index (χ0v) is 17.7. The number of aryl methyl sites for hydroxylation is 1. The highest BCUT2D eigenvalue weighted by Gasteiger charge is 2.14. The Morgan fingerprint density at radius 3 is 2.41 bits per heavy atom. The molecule has 0 radical (unpaired) electrons.